The van der Waals surface area contributed by atoms with Crippen molar-refractivity contribution in [1.29, 1.82) is 0 Å². The Morgan fingerprint density at radius 2 is 1.78 bits per heavy atom. The van der Waals surface area contributed by atoms with Crippen LogP contribution in [0.3, 0.4) is 0 Å². The highest BCUT2D eigenvalue weighted by Gasteiger charge is 2.45. The van der Waals surface area contributed by atoms with Crippen molar-refractivity contribution in [2.45, 2.75) is 53.5 Å². The summed E-state index contributed by atoms with van der Waals surface area (Å²) in [7, 11) is 0. The molecule has 0 radical (unpaired) electrons. The second kappa shape index (κ2) is 9.27. The quantitative estimate of drug-likeness (QED) is 0.292. The zero-order valence-electron chi connectivity index (χ0n) is 21.7. The van der Waals surface area contributed by atoms with Crippen LogP contribution < -0.4 is 10.3 Å². The molecule has 1 unspecified atom stereocenters. The molecule has 37 heavy (non-hydrogen) atoms. The highest BCUT2D eigenvalue weighted by molar-refractivity contribution is 7.17. The van der Waals surface area contributed by atoms with Crippen LogP contribution in [-0.2, 0) is 4.74 Å². The van der Waals surface area contributed by atoms with Crippen LogP contribution in [0.15, 0.2) is 45.6 Å². The van der Waals surface area contributed by atoms with Gasteiger partial charge in [0.1, 0.15) is 10.5 Å². The van der Waals surface area contributed by atoms with E-state index >= 15 is 0 Å². The summed E-state index contributed by atoms with van der Waals surface area (Å²) < 4.78 is 11.3. The van der Waals surface area contributed by atoms with Gasteiger partial charge in [0.15, 0.2) is 10.6 Å². The number of carbonyl (C=O) groups excluding carboxylic acids is 2. The summed E-state index contributed by atoms with van der Waals surface area (Å²) in [6.07, 6.45) is 0. The van der Waals surface area contributed by atoms with E-state index in [9.17, 15) is 14.4 Å². The smallest absolute Gasteiger partial charge is 0.350 e. The molecule has 0 N–H and O–H groups in total. The monoisotopic (exact) mass is 516 g/mol. The number of rotatable bonds is 5. The van der Waals surface area contributed by atoms with Crippen LogP contribution in [0.25, 0.3) is 11.0 Å². The number of anilines is 1. The Kier molecular flexibility index (Phi) is 6.23. The molecule has 1 atom stereocenters. The lowest BCUT2D eigenvalue weighted by Crippen LogP contribution is -2.29. The highest BCUT2D eigenvalue weighted by atomic mass is 32.1. The Bertz CT molecular complexity index is 1610. The third-order valence-corrected chi connectivity index (χ3v) is 7.99. The van der Waals surface area contributed by atoms with Crippen LogP contribution in [0.4, 0.5) is 5.13 Å². The van der Waals surface area contributed by atoms with Gasteiger partial charge in [-0.1, -0.05) is 49.4 Å². The number of carbonyl (C=O) groups is 2. The molecule has 0 spiro atoms. The number of esters is 1. The SMILES string of the molecule is CCOC(=O)c1sc(N2C(=O)c3oc4cc(C)c(C)cc4c(=O)c3C2c2ccc(C(C)C)cc2)nc1C. The fourth-order valence-corrected chi connectivity index (χ4v) is 5.66. The predicted octanol–water partition coefficient (Wildman–Crippen LogP) is 6.22. The molecule has 7 nitrogen and oxygen atoms in total. The van der Waals surface area contributed by atoms with Gasteiger partial charge in [0, 0.05) is 0 Å². The van der Waals surface area contributed by atoms with Crippen molar-refractivity contribution >= 4 is 39.3 Å². The predicted molar refractivity (Wildman–Crippen MR) is 144 cm³/mol. The number of benzene rings is 2. The molecule has 0 aliphatic carbocycles. The topological polar surface area (TPSA) is 89.7 Å². The Balaban J connectivity index is 1.75. The van der Waals surface area contributed by atoms with Gasteiger partial charge in [0.25, 0.3) is 5.91 Å². The molecule has 2 aromatic carbocycles. The molecule has 0 fully saturated rings. The number of aromatic nitrogens is 1. The number of thiazole rings is 1. The summed E-state index contributed by atoms with van der Waals surface area (Å²) in [6, 6.07) is 10.8. The normalized spacial score (nSPS) is 15.1. The first-order valence-electron chi connectivity index (χ1n) is 12.3. The van der Waals surface area contributed by atoms with Gasteiger partial charge in [-0.05, 0) is 68.0 Å². The molecule has 0 bridgehead atoms. The van der Waals surface area contributed by atoms with E-state index in [-0.39, 0.29) is 23.4 Å². The van der Waals surface area contributed by atoms with Crippen molar-refractivity contribution in [1.82, 2.24) is 4.98 Å². The maximum absolute atomic E-state index is 13.9. The van der Waals surface area contributed by atoms with E-state index in [4.69, 9.17) is 9.15 Å². The van der Waals surface area contributed by atoms with Crippen molar-refractivity contribution in [2.24, 2.45) is 0 Å². The van der Waals surface area contributed by atoms with E-state index < -0.39 is 17.9 Å². The lowest BCUT2D eigenvalue weighted by Gasteiger charge is -2.23. The summed E-state index contributed by atoms with van der Waals surface area (Å²) in [5.41, 5.74) is 4.71. The van der Waals surface area contributed by atoms with Gasteiger partial charge in [-0.15, -0.1) is 0 Å². The highest BCUT2D eigenvalue weighted by Crippen LogP contribution is 2.43. The minimum Gasteiger partial charge on any atom is -0.462 e. The lowest BCUT2D eigenvalue weighted by atomic mass is 9.95. The number of fused-ring (bicyclic) bond motifs is 2. The number of hydrogen-bond donors (Lipinski definition) is 0. The molecule has 1 aliphatic heterocycles. The van der Waals surface area contributed by atoms with Crippen LogP contribution in [0, 0.1) is 20.8 Å². The Morgan fingerprint density at radius 1 is 1.11 bits per heavy atom. The molecule has 5 rings (SSSR count). The summed E-state index contributed by atoms with van der Waals surface area (Å²) >= 11 is 1.08. The summed E-state index contributed by atoms with van der Waals surface area (Å²) in [5, 5.41) is 0.744. The van der Waals surface area contributed by atoms with E-state index in [1.54, 1.807) is 19.9 Å². The third kappa shape index (κ3) is 4.05. The van der Waals surface area contributed by atoms with Crippen molar-refractivity contribution in [3.05, 3.63) is 90.8 Å². The van der Waals surface area contributed by atoms with E-state index in [1.807, 2.05) is 44.2 Å². The maximum atomic E-state index is 13.9. The Morgan fingerprint density at radius 3 is 2.43 bits per heavy atom. The Labute approximate surface area is 218 Å². The van der Waals surface area contributed by atoms with Crippen molar-refractivity contribution in [2.75, 3.05) is 11.5 Å². The number of ether oxygens (including phenoxy) is 1. The number of amides is 1. The summed E-state index contributed by atoms with van der Waals surface area (Å²) in [6.45, 7) is 11.8. The van der Waals surface area contributed by atoms with Gasteiger partial charge < -0.3 is 9.15 Å². The first-order valence-corrected chi connectivity index (χ1v) is 13.1. The fourth-order valence-electron chi connectivity index (χ4n) is 4.68. The van der Waals surface area contributed by atoms with Gasteiger partial charge in [0.2, 0.25) is 5.76 Å². The van der Waals surface area contributed by atoms with Crippen LogP contribution in [0.1, 0.15) is 86.5 Å². The van der Waals surface area contributed by atoms with Crippen LogP contribution in [-0.4, -0.2) is 23.5 Å². The number of aryl methyl sites for hydroxylation is 3. The first-order chi connectivity index (χ1) is 17.6. The molecule has 190 valence electrons. The third-order valence-electron chi connectivity index (χ3n) is 6.86. The lowest BCUT2D eigenvalue weighted by molar-refractivity contribution is 0.0531. The van der Waals surface area contributed by atoms with Gasteiger partial charge in [-0.3, -0.25) is 14.5 Å². The van der Waals surface area contributed by atoms with Crippen LogP contribution >= 0.6 is 11.3 Å². The average molecular weight is 517 g/mol. The Hall–Kier alpha value is -3.78. The zero-order chi connectivity index (χ0) is 26.6. The van der Waals surface area contributed by atoms with E-state index in [1.165, 1.54) is 4.90 Å². The van der Waals surface area contributed by atoms with Gasteiger partial charge >= 0.3 is 5.97 Å². The molecule has 2 aromatic heterocycles. The molecule has 1 amide bonds. The van der Waals surface area contributed by atoms with E-state index in [0.717, 1.165) is 33.6 Å². The van der Waals surface area contributed by atoms with Gasteiger partial charge in [-0.2, -0.15) is 0 Å². The molecule has 4 aromatic rings. The standard InChI is InChI=1S/C29H28N2O5S/c1-7-35-28(34)26-17(6)30-29(37-26)31-23(19-10-8-18(9-11-19)14(2)3)22-24(32)20-12-15(4)16(5)13-21(20)36-25(22)27(31)33/h8-14,23H,7H2,1-6H3. The molecule has 8 heteroatoms. The van der Waals surface area contributed by atoms with Crippen molar-refractivity contribution in [3.63, 3.8) is 0 Å². The number of hydrogen-bond acceptors (Lipinski definition) is 7. The first kappa shape index (κ1) is 24.9. The molecule has 0 saturated carbocycles. The van der Waals surface area contributed by atoms with E-state index in [0.29, 0.717) is 32.6 Å². The van der Waals surface area contributed by atoms with Crippen LogP contribution in [0.5, 0.6) is 0 Å². The number of nitrogens with zero attached hydrogens (tertiary/aromatic N) is 2. The van der Waals surface area contributed by atoms with Crippen molar-refractivity contribution in [3.8, 4) is 0 Å². The second-order valence-electron chi connectivity index (χ2n) is 9.64. The molecule has 3 heterocycles. The summed E-state index contributed by atoms with van der Waals surface area (Å²) in [5.74, 6) is -0.619. The molecular weight excluding hydrogens is 488 g/mol. The van der Waals surface area contributed by atoms with Crippen LogP contribution in [0.2, 0.25) is 0 Å². The van der Waals surface area contributed by atoms with Gasteiger partial charge in [-0.25, -0.2) is 9.78 Å². The molecule has 1 aliphatic rings. The molecular formula is C29H28N2O5S. The average Bonchev–Trinajstić information content (AvgIpc) is 3.38. The maximum Gasteiger partial charge on any atom is 0.350 e. The summed E-state index contributed by atoms with van der Waals surface area (Å²) in [4.78, 5) is 46.6. The fraction of sp³-hybridized carbons (Fsp3) is 0.310. The minimum atomic E-state index is -0.744. The van der Waals surface area contributed by atoms with E-state index in [2.05, 4.69) is 18.8 Å². The molecule has 0 saturated heterocycles. The van der Waals surface area contributed by atoms with Gasteiger partial charge in [0.05, 0.1) is 29.3 Å². The second-order valence-corrected chi connectivity index (χ2v) is 10.6. The minimum absolute atomic E-state index is 0.00391. The zero-order valence-corrected chi connectivity index (χ0v) is 22.5. The largest absolute Gasteiger partial charge is 0.462 e. The van der Waals surface area contributed by atoms with Crippen molar-refractivity contribution < 1.29 is 18.7 Å².